The zero-order chi connectivity index (χ0) is 19.2. The van der Waals surface area contributed by atoms with Gasteiger partial charge in [0, 0.05) is 34.3 Å². The predicted octanol–water partition coefficient (Wildman–Crippen LogP) is 4.72. The summed E-state index contributed by atoms with van der Waals surface area (Å²) in [7, 11) is 0. The number of benzene rings is 2. The maximum atomic E-state index is 12.3. The van der Waals surface area contributed by atoms with E-state index >= 15 is 0 Å². The maximum absolute atomic E-state index is 12.3. The van der Waals surface area contributed by atoms with E-state index in [-0.39, 0.29) is 5.78 Å². The molecule has 1 heterocycles. The molecule has 0 spiro atoms. The second-order valence-corrected chi connectivity index (χ2v) is 6.64. The zero-order valence-corrected chi connectivity index (χ0v) is 15.9. The molecular formula is C20H17Cl2NO4. The van der Waals surface area contributed by atoms with Crippen molar-refractivity contribution in [2.24, 2.45) is 0 Å². The average molecular weight is 406 g/mol. The quantitative estimate of drug-likeness (QED) is 0.545. The lowest BCUT2D eigenvalue weighted by molar-refractivity contribution is 0.0416. The monoisotopic (exact) mass is 405 g/mol. The number of rotatable bonds is 4. The Morgan fingerprint density at radius 2 is 1.63 bits per heavy atom. The number of amides is 1. The van der Waals surface area contributed by atoms with Crippen LogP contribution in [0.2, 0.25) is 10.0 Å². The molecule has 7 heteroatoms. The Labute approximate surface area is 167 Å². The molecule has 0 aliphatic carbocycles. The van der Waals surface area contributed by atoms with E-state index in [1.165, 1.54) is 6.08 Å². The van der Waals surface area contributed by atoms with Crippen LogP contribution in [0.3, 0.4) is 0 Å². The van der Waals surface area contributed by atoms with Crippen molar-refractivity contribution in [2.45, 2.75) is 0 Å². The van der Waals surface area contributed by atoms with Crippen molar-refractivity contribution in [3.8, 4) is 5.75 Å². The van der Waals surface area contributed by atoms with Gasteiger partial charge in [0.15, 0.2) is 5.78 Å². The van der Waals surface area contributed by atoms with E-state index in [1.54, 1.807) is 53.4 Å². The number of carbonyl (C=O) groups is 2. The van der Waals surface area contributed by atoms with Crippen LogP contribution >= 0.6 is 23.2 Å². The third kappa shape index (κ3) is 5.10. The Morgan fingerprint density at radius 1 is 1.00 bits per heavy atom. The smallest absolute Gasteiger partial charge is 0.410 e. The first-order valence-electron chi connectivity index (χ1n) is 8.35. The molecule has 5 nitrogen and oxygen atoms in total. The van der Waals surface area contributed by atoms with Gasteiger partial charge in [-0.25, -0.2) is 4.79 Å². The lowest BCUT2D eigenvalue weighted by Crippen LogP contribution is -2.42. The minimum atomic E-state index is -0.425. The highest BCUT2D eigenvalue weighted by molar-refractivity contribution is 6.37. The van der Waals surface area contributed by atoms with E-state index in [9.17, 15) is 9.59 Å². The first-order valence-corrected chi connectivity index (χ1v) is 9.11. The van der Waals surface area contributed by atoms with E-state index in [4.69, 9.17) is 32.7 Å². The molecule has 1 fully saturated rings. The van der Waals surface area contributed by atoms with Crippen molar-refractivity contribution < 1.29 is 19.1 Å². The fourth-order valence-corrected chi connectivity index (χ4v) is 3.05. The van der Waals surface area contributed by atoms with Gasteiger partial charge in [0.25, 0.3) is 0 Å². The van der Waals surface area contributed by atoms with Gasteiger partial charge in [0.05, 0.1) is 13.2 Å². The fourth-order valence-electron chi connectivity index (χ4n) is 2.52. The number of ether oxygens (including phenoxy) is 2. The molecule has 0 saturated carbocycles. The molecular weight excluding hydrogens is 389 g/mol. The van der Waals surface area contributed by atoms with Crippen molar-refractivity contribution in [1.82, 2.24) is 4.90 Å². The lowest BCUT2D eigenvalue weighted by Gasteiger charge is -2.25. The molecule has 140 valence electrons. The fraction of sp³-hybridized carbons (Fsp3) is 0.200. The molecule has 1 aliphatic rings. The molecule has 0 bridgehead atoms. The van der Waals surface area contributed by atoms with Crippen LogP contribution in [-0.4, -0.2) is 43.1 Å². The number of hydrogen-bond donors (Lipinski definition) is 0. The Morgan fingerprint density at radius 3 is 2.26 bits per heavy atom. The van der Waals surface area contributed by atoms with Gasteiger partial charge in [0.1, 0.15) is 5.75 Å². The highest BCUT2D eigenvalue weighted by Gasteiger charge is 2.18. The molecule has 2 aromatic rings. The lowest BCUT2D eigenvalue weighted by atomic mass is 10.1. The van der Waals surface area contributed by atoms with E-state index in [2.05, 4.69) is 0 Å². The normalized spacial score (nSPS) is 14.4. The standard InChI is InChI=1S/C20H17Cl2NO4/c21-17-2-1-3-18(22)16(17)8-9-19(24)14-4-6-15(7-5-14)27-20(25)23-10-12-26-13-11-23/h1-9H,10-13H2. The molecule has 0 aromatic heterocycles. The van der Waals surface area contributed by atoms with E-state index in [1.807, 2.05) is 0 Å². The van der Waals surface area contributed by atoms with Gasteiger partial charge in [-0.1, -0.05) is 29.3 Å². The minimum Gasteiger partial charge on any atom is -0.410 e. The van der Waals surface area contributed by atoms with E-state index in [0.717, 1.165) is 0 Å². The molecule has 3 rings (SSSR count). The zero-order valence-electron chi connectivity index (χ0n) is 14.4. The van der Waals surface area contributed by atoms with Crippen LogP contribution in [0.25, 0.3) is 6.08 Å². The molecule has 0 unspecified atom stereocenters. The summed E-state index contributed by atoms with van der Waals surface area (Å²) < 4.78 is 10.5. The Hall–Kier alpha value is -2.34. The van der Waals surface area contributed by atoms with Gasteiger partial charge in [0.2, 0.25) is 0 Å². The molecule has 0 radical (unpaired) electrons. The molecule has 0 atom stereocenters. The first kappa shape index (κ1) is 19.4. The van der Waals surface area contributed by atoms with Crippen molar-refractivity contribution in [2.75, 3.05) is 26.3 Å². The summed E-state index contributed by atoms with van der Waals surface area (Å²) in [5.74, 6) is 0.165. The third-order valence-corrected chi connectivity index (χ3v) is 4.67. The molecule has 1 aliphatic heterocycles. The second kappa shape index (κ2) is 9.04. The first-order chi connectivity index (χ1) is 13.0. The van der Waals surface area contributed by atoms with Crippen LogP contribution in [-0.2, 0) is 4.74 Å². The SMILES string of the molecule is O=C(C=Cc1c(Cl)cccc1Cl)c1ccc(OC(=O)N2CCOCC2)cc1. The van der Waals surface area contributed by atoms with Gasteiger partial charge in [-0.2, -0.15) is 0 Å². The Kier molecular flexibility index (Phi) is 6.50. The topological polar surface area (TPSA) is 55.8 Å². The van der Waals surface area contributed by atoms with Crippen molar-refractivity contribution in [3.05, 3.63) is 69.7 Å². The molecule has 1 saturated heterocycles. The van der Waals surface area contributed by atoms with Crippen LogP contribution in [0.1, 0.15) is 15.9 Å². The van der Waals surface area contributed by atoms with Crippen LogP contribution in [0.5, 0.6) is 5.75 Å². The summed E-state index contributed by atoms with van der Waals surface area (Å²) in [5, 5.41) is 0.939. The number of halogens is 2. The molecule has 27 heavy (non-hydrogen) atoms. The molecule has 1 amide bonds. The number of nitrogens with zero attached hydrogens (tertiary/aromatic N) is 1. The van der Waals surface area contributed by atoms with Crippen LogP contribution in [0.15, 0.2) is 48.5 Å². The number of carbonyl (C=O) groups excluding carboxylic acids is 2. The van der Waals surface area contributed by atoms with E-state index in [0.29, 0.717) is 53.2 Å². The van der Waals surface area contributed by atoms with Crippen molar-refractivity contribution in [1.29, 1.82) is 0 Å². The Balaban J connectivity index is 1.63. The summed E-state index contributed by atoms with van der Waals surface area (Å²) >= 11 is 12.2. The van der Waals surface area contributed by atoms with Crippen LogP contribution in [0.4, 0.5) is 4.79 Å². The highest BCUT2D eigenvalue weighted by atomic mass is 35.5. The predicted molar refractivity (Wildman–Crippen MR) is 105 cm³/mol. The number of ketones is 1. The maximum Gasteiger partial charge on any atom is 0.415 e. The highest BCUT2D eigenvalue weighted by Crippen LogP contribution is 2.25. The minimum absolute atomic E-state index is 0.211. The Bertz CT molecular complexity index is 839. The van der Waals surface area contributed by atoms with Gasteiger partial charge < -0.3 is 14.4 Å². The number of allylic oxidation sites excluding steroid dienone is 1. The summed E-state index contributed by atoms with van der Waals surface area (Å²) in [6.07, 6.45) is 2.56. The summed E-state index contributed by atoms with van der Waals surface area (Å²) in [5.41, 5.74) is 1.05. The summed E-state index contributed by atoms with van der Waals surface area (Å²) in [6.45, 7) is 2.02. The van der Waals surface area contributed by atoms with Crippen LogP contribution in [0, 0.1) is 0 Å². The third-order valence-electron chi connectivity index (χ3n) is 4.01. The van der Waals surface area contributed by atoms with Gasteiger partial charge >= 0.3 is 6.09 Å². The van der Waals surface area contributed by atoms with Gasteiger partial charge in [-0.15, -0.1) is 0 Å². The second-order valence-electron chi connectivity index (χ2n) is 5.82. The number of hydrogen-bond acceptors (Lipinski definition) is 4. The summed E-state index contributed by atoms with van der Waals surface area (Å²) in [4.78, 5) is 26.0. The van der Waals surface area contributed by atoms with Crippen LogP contribution < -0.4 is 4.74 Å². The largest absolute Gasteiger partial charge is 0.415 e. The van der Waals surface area contributed by atoms with Gasteiger partial charge in [-0.05, 0) is 48.6 Å². The number of morpholine rings is 1. The van der Waals surface area contributed by atoms with Crippen molar-refractivity contribution >= 4 is 41.2 Å². The average Bonchev–Trinajstić information content (AvgIpc) is 2.68. The molecule has 2 aromatic carbocycles. The summed E-state index contributed by atoms with van der Waals surface area (Å²) in [6, 6.07) is 11.5. The van der Waals surface area contributed by atoms with Crippen molar-refractivity contribution in [3.63, 3.8) is 0 Å². The van der Waals surface area contributed by atoms with E-state index < -0.39 is 6.09 Å². The molecule has 0 N–H and O–H groups in total. The van der Waals surface area contributed by atoms with Gasteiger partial charge in [-0.3, -0.25) is 4.79 Å².